The second kappa shape index (κ2) is 4.81. The van der Waals surface area contributed by atoms with Crippen LogP contribution in [0.1, 0.15) is 29.9 Å². The van der Waals surface area contributed by atoms with Crippen molar-refractivity contribution in [2.45, 2.75) is 19.4 Å². The number of carboxylic acid groups (broad SMARTS) is 1. The fourth-order valence-electron chi connectivity index (χ4n) is 1.39. The molecule has 0 bridgehead atoms. The molecule has 1 N–H and O–H groups in total. The number of aromatic carboxylic acids is 1. The van der Waals surface area contributed by atoms with E-state index >= 15 is 0 Å². The molecule has 1 heterocycles. The first-order chi connectivity index (χ1) is 6.66. The van der Waals surface area contributed by atoms with E-state index in [4.69, 9.17) is 9.84 Å². The average Bonchev–Trinajstić information content (AvgIpc) is 2.62. The summed E-state index contributed by atoms with van der Waals surface area (Å²) < 4.78 is 6.70. The van der Waals surface area contributed by atoms with Gasteiger partial charge in [-0.2, -0.15) is 0 Å². The van der Waals surface area contributed by atoms with Crippen molar-refractivity contribution >= 4 is 5.97 Å². The predicted molar refractivity (Wildman–Crippen MR) is 52.6 cm³/mol. The Kier molecular flexibility index (Phi) is 3.71. The molecule has 0 saturated carbocycles. The monoisotopic (exact) mass is 197 g/mol. The SMILES string of the molecule is COCCC(C)n1cccc1C(=O)O. The Hall–Kier alpha value is -1.29. The molecule has 0 fully saturated rings. The van der Waals surface area contributed by atoms with E-state index in [1.54, 1.807) is 30.0 Å². The van der Waals surface area contributed by atoms with E-state index < -0.39 is 5.97 Å². The van der Waals surface area contributed by atoms with Gasteiger partial charge in [0.05, 0.1) is 0 Å². The molecule has 0 aliphatic rings. The molecule has 1 rings (SSSR count). The van der Waals surface area contributed by atoms with Crippen LogP contribution in [0.15, 0.2) is 18.3 Å². The molecule has 0 radical (unpaired) electrons. The van der Waals surface area contributed by atoms with Gasteiger partial charge in [0.15, 0.2) is 0 Å². The highest BCUT2D eigenvalue weighted by Gasteiger charge is 2.12. The van der Waals surface area contributed by atoms with Crippen molar-refractivity contribution in [2.75, 3.05) is 13.7 Å². The largest absolute Gasteiger partial charge is 0.477 e. The third-order valence-corrected chi connectivity index (χ3v) is 2.21. The van der Waals surface area contributed by atoms with Crippen LogP contribution in [0.3, 0.4) is 0 Å². The molecule has 1 aromatic rings. The van der Waals surface area contributed by atoms with E-state index in [-0.39, 0.29) is 6.04 Å². The first-order valence-corrected chi connectivity index (χ1v) is 4.56. The average molecular weight is 197 g/mol. The first kappa shape index (κ1) is 10.8. The Morgan fingerprint density at radius 1 is 1.71 bits per heavy atom. The maximum atomic E-state index is 10.8. The summed E-state index contributed by atoms with van der Waals surface area (Å²) in [6.07, 6.45) is 2.59. The molecule has 14 heavy (non-hydrogen) atoms. The number of aromatic nitrogens is 1. The molecule has 0 spiro atoms. The lowest BCUT2D eigenvalue weighted by Gasteiger charge is -2.15. The van der Waals surface area contributed by atoms with Crippen LogP contribution >= 0.6 is 0 Å². The molecule has 0 aromatic carbocycles. The van der Waals surface area contributed by atoms with Crippen LogP contribution in [-0.2, 0) is 4.74 Å². The highest BCUT2D eigenvalue weighted by molar-refractivity contribution is 5.85. The van der Waals surface area contributed by atoms with E-state index in [0.29, 0.717) is 12.3 Å². The van der Waals surface area contributed by atoms with E-state index in [0.717, 1.165) is 6.42 Å². The van der Waals surface area contributed by atoms with Crippen molar-refractivity contribution in [2.24, 2.45) is 0 Å². The minimum atomic E-state index is -0.890. The van der Waals surface area contributed by atoms with E-state index in [1.807, 2.05) is 6.92 Å². The van der Waals surface area contributed by atoms with Crippen molar-refractivity contribution in [1.82, 2.24) is 4.57 Å². The fraction of sp³-hybridized carbons (Fsp3) is 0.500. The normalized spacial score (nSPS) is 12.7. The zero-order valence-corrected chi connectivity index (χ0v) is 8.43. The van der Waals surface area contributed by atoms with Crippen LogP contribution in [-0.4, -0.2) is 29.4 Å². The van der Waals surface area contributed by atoms with Crippen LogP contribution in [0.5, 0.6) is 0 Å². The van der Waals surface area contributed by atoms with Gasteiger partial charge in [-0.15, -0.1) is 0 Å². The summed E-state index contributed by atoms with van der Waals surface area (Å²) in [7, 11) is 1.64. The number of carboxylic acids is 1. The Balaban J connectivity index is 2.73. The van der Waals surface area contributed by atoms with Crippen molar-refractivity contribution in [3.63, 3.8) is 0 Å². The van der Waals surface area contributed by atoms with Crippen LogP contribution in [0, 0.1) is 0 Å². The second-order valence-electron chi connectivity index (χ2n) is 3.24. The van der Waals surface area contributed by atoms with Gasteiger partial charge >= 0.3 is 5.97 Å². The zero-order valence-electron chi connectivity index (χ0n) is 8.43. The van der Waals surface area contributed by atoms with Crippen LogP contribution in [0.25, 0.3) is 0 Å². The predicted octanol–water partition coefficient (Wildman–Crippen LogP) is 1.78. The maximum Gasteiger partial charge on any atom is 0.352 e. The number of hydrogen-bond acceptors (Lipinski definition) is 2. The minimum absolute atomic E-state index is 0.149. The minimum Gasteiger partial charge on any atom is -0.477 e. The number of hydrogen-bond donors (Lipinski definition) is 1. The Morgan fingerprint density at radius 3 is 3.00 bits per heavy atom. The number of methoxy groups -OCH3 is 1. The molecule has 4 nitrogen and oxygen atoms in total. The Morgan fingerprint density at radius 2 is 2.43 bits per heavy atom. The molecule has 0 amide bonds. The van der Waals surface area contributed by atoms with Crippen molar-refractivity contribution < 1.29 is 14.6 Å². The van der Waals surface area contributed by atoms with Gasteiger partial charge in [-0.25, -0.2) is 4.79 Å². The topological polar surface area (TPSA) is 51.5 Å². The first-order valence-electron chi connectivity index (χ1n) is 4.56. The van der Waals surface area contributed by atoms with Gasteiger partial charge in [0.2, 0.25) is 0 Å². The molecule has 0 aliphatic heterocycles. The standard InChI is InChI=1S/C10H15NO3/c1-8(5-7-14-2)11-6-3-4-9(11)10(12)13/h3-4,6,8H,5,7H2,1-2H3,(H,12,13). The number of ether oxygens (including phenoxy) is 1. The van der Waals surface area contributed by atoms with Crippen LogP contribution in [0.4, 0.5) is 0 Å². The lowest BCUT2D eigenvalue weighted by Crippen LogP contribution is -2.13. The summed E-state index contributed by atoms with van der Waals surface area (Å²) in [6, 6.07) is 3.49. The highest BCUT2D eigenvalue weighted by atomic mass is 16.5. The summed E-state index contributed by atoms with van der Waals surface area (Å²) >= 11 is 0. The van der Waals surface area contributed by atoms with Gasteiger partial charge in [-0.3, -0.25) is 0 Å². The molecule has 1 aromatic heterocycles. The number of nitrogens with zero attached hydrogens (tertiary/aromatic N) is 1. The van der Waals surface area contributed by atoms with Gasteiger partial charge in [0.1, 0.15) is 5.69 Å². The molecule has 78 valence electrons. The molecular formula is C10H15NO3. The zero-order chi connectivity index (χ0) is 10.6. The van der Waals surface area contributed by atoms with Gasteiger partial charge in [-0.1, -0.05) is 0 Å². The second-order valence-corrected chi connectivity index (χ2v) is 3.24. The van der Waals surface area contributed by atoms with Crippen molar-refractivity contribution in [3.8, 4) is 0 Å². The van der Waals surface area contributed by atoms with Crippen molar-refractivity contribution in [3.05, 3.63) is 24.0 Å². The highest BCUT2D eigenvalue weighted by Crippen LogP contribution is 2.14. The van der Waals surface area contributed by atoms with Gasteiger partial charge in [-0.05, 0) is 25.5 Å². The van der Waals surface area contributed by atoms with E-state index in [2.05, 4.69) is 0 Å². The third kappa shape index (κ3) is 2.35. The third-order valence-electron chi connectivity index (χ3n) is 2.21. The van der Waals surface area contributed by atoms with Gasteiger partial charge < -0.3 is 14.4 Å². The number of carbonyl (C=O) groups is 1. The maximum absolute atomic E-state index is 10.8. The van der Waals surface area contributed by atoms with Crippen molar-refractivity contribution in [1.29, 1.82) is 0 Å². The molecule has 1 atom stereocenters. The van der Waals surface area contributed by atoms with Crippen LogP contribution in [0.2, 0.25) is 0 Å². The molecular weight excluding hydrogens is 182 g/mol. The quantitative estimate of drug-likeness (QED) is 0.782. The lowest BCUT2D eigenvalue weighted by molar-refractivity contribution is 0.0681. The lowest BCUT2D eigenvalue weighted by atomic mass is 10.2. The van der Waals surface area contributed by atoms with E-state index in [1.165, 1.54) is 0 Å². The Labute approximate surface area is 83.1 Å². The van der Waals surface area contributed by atoms with Crippen LogP contribution < -0.4 is 0 Å². The van der Waals surface area contributed by atoms with Gasteiger partial charge in [0.25, 0.3) is 0 Å². The summed E-state index contributed by atoms with van der Waals surface area (Å²) in [6.45, 7) is 2.61. The van der Waals surface area contributed by atoms with E-state index in [9.17, 15) is 4.79 Å². The smallest absolute Gasteiger partial charge is 0.352 e. The Bertz CT molecular complexity index is 306. The summed E-state index contributed by atoms with van der Waals surface area (Å²) in [5, 5.41) is 8.88. The number of rotatable bonds is 5. The summed E-state index contributed by atoms with van der Waals surface area (Å²) in [4.78, 5) is 10.8. The summed E-state index contributed by atoms with van der Waals surface area (Å²) in [5.74, 6) is -0.890. The van der Waals surface area contributed by atoms with Gasteiger partial charge in [0, 0.05) is 26.0 Å². The molecule has 4 heteroatoms. The summed E-state index contributed by atoms with van der Waals surface area (Å²) in [5.41, 5.74) is 0.327. The fourth-order valence-corrected chi connectivity index (χ4v) is 1.39. The molecule has 0 aliphatic carbocycles. The molecule has 1 unspecified atom stereocenters. The molecule has 0 saturated heterocycles.